The van der Waals surface area contributed by atoms with Crippen LogP contribution in [-0.4, -0.2) is 179 Å². The number of piperazine rings is 3. The molecule has 3 spiro atoms. The summed E-state index contributed by atoms with van der Waals surface area (Å²) in [5, 5.41) is 11.1. The van der Waals surface area contributed by atoms with Gasteiger partial charge in [-0.05, 0) is 142 Å². The van der Waals surface area contributed by atoms with Gasteiger partial charge in [0, 0.05) is 191 Å². The fourth-order valence-electron chi connectivity index (χ4n) is 19.5. The molecule has 6 fully saturated rings. The maximum absolute atomic E-state index is 12.7. The van der Waals surface area contributed by atoms with Gasteiger partial charge in [0.25, 0.3) is 0 Å². The molecule has 5 aliphatic carbocycles. The number of Topliss-reactive ketones (excluding diaryl/α,β-unsaturated/α-hetero) is 1. The van der Waals surface area contributed by atoms with Gasteiger partial charge in [-0.25, -0.2) is 39.9 Å². The summed E-state index contributed by atoms with van der Waals surface area (Å²) in [5.74, 6) is 4.60. The molecule has 0 unspecified atom stereocenters. The molecule has 22 heteroatoms. The maximum Gasteiger partial charge on any atom is 0.230 e. The zero-order valence-corrected chi connectivity index (χ0v) is 63.9. The molecule has 0 radical (unpaired) electrons. The summed E-state index contributed by atoms with van der Waals surface area (Å²) in [4.78, 5) is 72.5. The normalized spacial score (nSPS) is 21.0. The number of likely N-dealkylation sites (N-methyl/N-ethyl adjacent to an activating group) is 1. The second-order valence-corrected chi connectivity index (χ2v) is 32.9. The van der Waals surface area contributed by atoms with E-state index in [4.69, 9.17) is 24.4 Å². The lowest BCUT2D eigenvalue weighted by Crippen LogP contribution is -2.48. The fraction of sp³-hybridized carbons (Fsp3) is 0.548. The number of nitrogens with one attached hydrogen (secondary N) is 3. The quantitative estimate of drug-likeness (QED) is 0.0971. The molecular formula is C84H110N20O2. The molecule has 13 heterocycles. The highest BCUT2D eigenvalue weighted by Crippen LogP contribution is 2.59. The van der Waals surface area contributed by atoms with Crippen LogP contribution in [-0.2, 0) is 23.8 Å². The Bertz CT molecular complexity index is 4510. The topological polar surface area (TPSA) is 210 Å². The number of hydrogen-bond donors (Lipinski definition) is 3. The molecule has 3 saturated carbocycles. The number of pyridine rings is 3. The number of anilines is 9. The first-order valence-corrected chi connectivity index (χ1v) is 40.0. The van der Waals surface area contributed by atoms with Gasteiger partial charge in [-0.3, -0.25) is 19.5 Å². The van der Waals surface area contributed by atoms with Crippen LogP contribution in [0.3, 0.4) is 0 Å². The van der Waals surface area contributed by atoms with E-state index in [1.54, 1.807) is 6.20 Å². The molecule has 3 N–H and O–H groups in total. The summed E-state index contributed by atoms with van der Waals surface area (Å²) in [6, 6.07) is 16.6. The minimum atomic E-state index is 0.0118. The lowest BCUT2D eigenvalue weighted by atomic mass is 9.63. The summed E-state index contributed by atoms with van der Waals surface area (Å²) < 4.78 is 8.55. The van der Waals surface area contributed by atoms with Gasteiger partial charge in [-0.15, -0.1) is 0 Å². The molecule has 106 heavy (non-hydrogen) atoms. The highest BCUT2D eigenvalue weighted by molar-refractivity contribution is 6.01. The molecule has 8 aromatic heterocycles. The first-order valence-electron chi connectivity index (χ1n) is 40.0. The highest BCUT2D eigenvalue weighted by Gasteiger charge is 2.48. The van der Waals surface area contributed by atoms with Gasteiger partial charge in [-0.2, -0.15) is 4.98 Å². The van der Waals surface area contributed by atoms with Crippen LogP contribution < -0.4 is 30.7 Å². The van der Waals surface area contributed by atoms with Gasteiger partial charge in [0.2, 0.25) is 17.8 Å². The van der Waals surface area contributed by atoms with Crippen molar-refractivity contribution in [3.8, 4) is 0 Å². The molecule has 0 aromatic carbocycles. The predicted molar refractivity (Wildman–Crippen MR) is 425 cm³/mol. The van der Waals surface area contributed by atoms with E-state index >= 15 is 0 Å². The van der Waals surface area contributed by atoms with Crippen molar-refractivity contribution < 1.29 is 9.21 Å². The third-order valence-electron chi connectivity index (χ3n) is 25.4. The average molecular weight is 1430 g/mol. The summed E-state index contributed by atoms with van der Waals surface area (Å²) in [6.45, 7) is 35.1. The van der Waals surface area contributed by atoms with Crippen molar-refractivity contribution in [2.24, 2.45) is 5.41 Å². The molecule has 10 aliphatic rings. The monoisotopic (exact) mass is 1430 g/mol. The Morgan fingerprint density at radius 3 is 1.49 bits per heavy atom. The molecule has 0 bridgehead atoms. The third kappa shape index (κ3) is 14.4. The standard InChI is InChI=1S/C29H39N7.C28H37N7.C27H34N6O2/c1-20(2)35-12-14-36(15-13-35)23-8-9-25(30-19-23)32-28-31-18-22-16-24-26(27(22)33-28)29(10-6-5-7-11-29)17-21(3)34(24)4;1-20(2)33-11-13-34(14-12-33)23-7-8-25(29-19-23)31-27-30-18-22-16-24-15-21(3)17-28(9-5-4-6-10-28)35(24)26(22)32-27;1-18(2)32-12-14-33(15-13-32)19-6-7-22(28-16-19)30-26-29-17-21-24(31-26)23-25(35-21)20(34)8-11-27(23)9-4-3-5-10-27/h8-9,18-20H,3,5-7,10-17H2,1-2,4H3,(H,30,31,32,33);7-8,16,18-20H,3-6,9-15,17H2,1-2H3,(H,29,30,31,32);6-7,16-18H,3-5,8-15H2,1-2H3,(H,28,29,30,31). The maximum atomic E-state index is 12.7. The molecule has 0 atom stereocenters. The average Bonchev–Trinajstić information content (AvgIpc) is 1.56. The Morgan fingerprint density at radius 2 is 0.981 bits per heavy atom. The van der Waals surface area contributed by atoms with Crippen LogP contribution in [0.1, 0.15) is 197 Å². The Labute approximate surface area is 626 Å². The number of carbonyl (C=O) groups excluding carboxylic acids is 1. The zero-order valence-electron chi connectivity index (χ0n) is 63.9. The van der Waals surface area contributed by atoms with Crippen LogP contribution in [0.2, 0.25) is 0 Å². The van der Waals surface area contributed by atoms with Crippen molar-refractivity contribution in [1.82, 2.24) is 69.0 Å². The van der Waals surface area contributed by atoms with Crippen LogP contribution >= 0.6 is 0 Å². The molecule has 5 aliphatic heterocycles. The Hall–Kier alpha value is -8.86. The van der Waals surface area contributed by atoms with Crippen LogP contribution in [0.25, 0.3) is 27.7 Å². The summed E-state index contributed by atoms with van der Waals surface area (Å²) in [6.07, 6.45) is 35.5. The zero-order chi connectivity index (χ0) is 72.8. The SMILES string of the molecule is C=C1CC2(CCCCC2)C2=C(Cc3cnc(Nc4ccc(N5CCN(C(C)C)CC5)cn4)nc32)N1C.C=C1Cc2cc3cnc(Nc4ccc(N5CCN(C(C)C)CC5)cn4)nc3n2C2(CCCCC2)C1.CC(C)N1CCN(c2ccc(Nc3ncc4oc5c(c4n3)C3(CCCCC3)CCC5=O)nc2)CC1. The smallest absolute Gasteiger partial charge is 0.230 e. The summed E-state index contributed by atoms with van der Waals surface area (Å²) >= 11 is 0. The van der Waals surface area contributed by atoms with Crippen molar-refractivity contribution >= 4 is 85.9 Å². The number of hydrogen-bond acceptors (Lipinski definition) is 21. The van der Waals surface area contributed by atoms with Crippen LogP contribution in [0.15, 0.2) is 114 Å². The molecule has 8 aromatic rings. The second-order valence-electron chi connectivity index (χ2n) is 32.9. The first kappa shape index (κ1) is 71.4. The van der Waals surface area contributed by atoms with Gasteiger partial charge in [0.1, 0.15) is 28.6 Å². The van der Waals surface area contributed by atoms with E-state index in [9.17, 15) is 4.79 Å². The van der Waals surface area contributed by atoms with Gasteiger partial charge in [0.05, 0.1) is 47.5 Å². The molecule has 0 amide bonds. The number of rotatable bonds is 12. The van der Waals surface area contributed by atoms with Crippen LogP contribution in [0.5, 0.6) is 0 Å². The van der Waals surface area contributed by atoms with Gasteiger partial charge >= 0.3 is 0 Å². The highest BCUT2D eigenvalue weighted by atomic mass is 16.3. The van der Waals surface area contributed by atoms with Gasteiger partial charge in [0.15, 0.2) is 17.1 Å². The Morgan fingerprint density at radius 1 is 0.500 bits per heavy atom. The molecule has 558 valence electrons. The molecule has 18 rings (SSSR count). The summed E-state index contributed by atoms with van der Waals surface area (Å²) in [7, 11) is 2.17. The van der Waals surface area contributed by atoms with Crippen molar-refractivity contribution in [1.29, 1.82) is 0 Å². The van der Waals surface area contributed by atoms with Crippen molar-refractivity contribution in [2.45, 2.75) is 205 Å². The van der Waals surface area contributed by atoms with E-state index in [1.807, 2.05) is 49.2 Å². The fourth-order valence-corrected chi connectivity index (χ4v) is 19.5. The van der Waals surface area contributed by atoms with Crippen LogP contribution in [0, 0.1) is 5.41 Å². The van der Waals surface area contributed by atoms with Crippen molar-refractivity contribution in [2.75, 3.05) is 116 Å². The number of carbonyl (C=O) groups is 1. The molecular weight excluding hydrogens is 1320 g/mol. The Balaban J connectivity index is 0.000000122. The van der Waals surface area contributed by atoms with E-state index in [0.717, 1.165) is 169 Å². The number of allylic oxidation sites excluding steroid dienone is 4. The third-order valence-corrected chi connectivity index (χ3v) is 25.4. The van der Waals surface area contributed by atoms with E-state index < -0.39 is 0 Å². The number of nitrogens with zero attached hydrogens (tertiary/aromatic N) is 17. The van der Waals surface area contributed by atoms with Gasteiger partial charge in [-0.1, -0.05) is 76.5 Å². The second kappa shape index (κ2) is 30.1. The minimum Gasteiger partial charge on any atom is -0.449 e. The van der Waals surface area contributed by atoms with Crippen molar-refractivity contribution in [3.05, 3.63) is 138 Å². The summed E-state index contributed by atoms with van der Waals surface area (Å²) in [5.41, 5.74) is 16.4. The van der Waals surface area contributed by atoms with E-state index in [-0.39, 0.29) is 22.2 Å². The number of ketones is 1. The van der Waals surface area contributed by atoms with Crippen molar-refractivity contribution in [3.63, 3.8) is 0 Å². The lowest BCUT2D eigenvalue weighted by Gasteiger charge is -2.46. The number of fused-ring (bicyclic) bond motifs is 11. The number of aromatic nitrogens is 10. The first-order chi connectivity index (χ1) is 51.5. The van der Waals surface area contributed by atoms with Crippen LogP contribution in [0.4, 0.5) is 52.4 Å². The van der Waals surface area contributed by atoms with E-state index in [2.05, 4.69) is 166 Å². The predicted octanol–water partition coefficient (Wildman–Crippen LogP) is 15.5. The molecule has 22 nitrogen and oxygen atoms in total. The molecule has 3 saturated heterocycles. The minimum absolute atomic E-state index is 0.0118. The van der Waals surface area contributed by atoms with Gasteiger partial charge < -0.3 is 44.5 Å². The van der Waals surface area contributed by atoms with E-state index in [0.29, 0.717) is 59.6 Å². The Kier molecular flexibility index (Phi) is 20.2. The largest absolute Gasteiger partial charge is 0.449 e. The van der Waals surface area contributed by atoms with E-state index in [1.165, 1.54) is 129 Å². The number of furan rings is 1. The lowest BCUT2D eigenvalue weighted by molar-refractivity contribution is 0.0908.